The largest absolute Gasteiger partial charge is 0.361 e. The molecule has 18 heavy (non-hydrogen) atoms. The number of nitrogens with zero attached hydrogens (tertiary/aromatic N) is 1. The maximum Gasteiger partial charge on any atom is 0.116 e. The average Bonchev–Trinajstić information content (AvgIpc) is 2.72. The molecule has 1 aromatic carbocycles. The van der Waals surface area contributed by atoms with E-state index in [9.17, 15) is 0 Å². The Labute approximate surface area is 113 Å². The van der Waals surface area contributed by atoms with E-state index in [0.717, 1.165) is 0 Å². The van der Waals surface area contributed by atoms with Crippen LogP contribution in [0.3, 0.4) is 0 Å². The van der Waals surface area contributed by atoms with Crippen LogP contribution >= 0.6 is 0 Å². The van der Waals surface area contributed by atoms with Crippen LogP contribution in [0.15, 0.2) is 30.5 Å². The van der Waals surface area contributed by atoms with E-state index in [2.05, 4.69) is 85.8 Å². The highest BCUT2D eigenvalue weighted by molar-refractivity contribution is 6.54. The van der Waals surface area contributed by atoms with Crippen molar-refractivity contribution in [3.8, 4) is 0 Å². The third-order valence-corrected chi connectivity index (χ3v) is 4.91. The molecule has 0 aliphatic rings. The molecule has 0 atom stereocenters. The van der Waals surface area contributed by atoms with Crippen LogP contribution in [0.25, 0.3) is 10.9 Å². The van der Waals surface area contributed by atoms with Gasteiger partial charge >= 0.3 is 0 Å². The average molecular weight is 236 g/mol. The van der Waals surface area contributed by atoms with Crippen molar-refractivity contribution in [3.05, 3.63) is 36.0 Å². The molecule has 0 unspecified atom stereocenters. The highest BCUT2D eigenvalue weighted by atomic mass is 15.1. The van der Waals surface area contributed by atoms with E-state index in [1.807, 2.05) is 0 Å². The number of likely N-dealkylation sites (N-methyl/N-ethyl adjacent to an activating group) is 1. The van der Waals surface area contributed by atoms with Gasteiger partial charge in [-0.05, 0) is 31.1 Å². The van der Waals surface area contributed by atoms with Crippen molar-refractivity contribution in [2.75, 3.05) is 14.1 Å². The highest BCUT2D eigenvalue weighted by Gasteiger charge is 2.40. The first-order valence-electron chi connectivity index (χ1n) is 6.52. The molecule has 0 bridgehead atoms. The fourth-order valence-electron chi connectivity index (χ4n) is 2.48. The van der Waals surface area contributed by atoms with Crippen LogP contribution in [0.1, 0.15) is 5.56 Å². The van der Waals surface area contributed by atoms with Gasteiger partial charge in [-0.2, -0.15) is 0 Å². The van der Waals surface area contributed by atoms with Crippen molar-refractivity contribution in [2.45, 2.75) is 10.6 Å². The van der Waals surface area contributed by atoms with Gasteiger partial charge < -0.3 is 9.88 Å². The second kappa shape index (κ2) is 4.27. The first kappa shape index (κ1) is 13.4. The number of H-pyrrole nitrogens is 1. The second-order valence-electron chi connectivity index (χ2n) is 6.33. The number of hydrogen-bond acceptors (Lipinski definition) is 1. The van der Waals surface area contributed by atoms with Gasteiger partial charge in [0, 0.05) is 17.1 Å². The Morgan fingerprint density at radius 2 is 1.67 bits per heavy atom. The van der Waals surface area contributed by atoms with Crippen molar-refractivity contribution in [3.63, 3.8) is 0 Å². The SMILES string of the molecule is BC(B)(c1c[nH]c2ccccc12)C(B)(B)N(C)C. The number of hydrogen-bond donors (Lipinski definition) is 1. The van der Waals surface area contributed by atoms with Crippen LogP contribution < -0.4 is 0 Å². The lowest BCUT2D eigenvalue weighted by Crippen LogP contribution is -2.62. The summed E-state index contributed by atoms with van der Waals surface area (Å²) in [5, 5.41) is 1.48. The van der Waals surface area contributed by atoms with Gasteiger partial charge in [-0.15, -0.1) is 0 Å². The Kier molecular flexibility index (Phi) is 3.18. The molecule has 6 heteroatoms. The van der Waals surface area contributed by atoms with Crippen molar-refractivity contribution in [2.24, 2.45) is 0 Å². The highest BCUT2D eigenvalue weighted by Crippen LogP contribution is 2.33. The molecule has 0 saturated carbocycles. The smallest absolute Gasteiger partial charge is 0.116 e. The van der Waals surface area contributed by atoms with Gasteiger partial charge in [0.1, 0.15) is 31.4 Å². The molecular formula is C12H20B4N2. The Bertz CT molecular complexity index is 560. The van der Waals surface area contributed by atoms with Crippen LogP contribution in [0, 0.1) is 0 Å². The lowest BCUT2D eigenvalue weighted by molar-refractivity contribution is 0.310. The summed E-state index contributed by atoms with van der Waals surface area (Å²) in [6.45, 7) is 0. The lowest BCUT2D eigenvalue weighted by Gasteiger charge is -2.47. The first-order chi connectivity index (χ1) is 8.28. The molecule has 2 rings (SSSR count). The topological polar surface area (TPSA) is 19.0 Å². The molecule has 0 spiro atoms. The fraction of sp³-hybridized carbons (Fsp3) is 0.333. The normalized spacial score (nSPS) is 13.3. The maximum atomic E-state index is 3.39. The maximum absolute atomic E-state index is 3.39. The number of nitrogens with one attached hydrogen (secondary N) is 1. The number of benzene rings is 1. The van der Waals surface area contributed by atoms with E-state index >= 15 is 0 Å². The summed E-state index contributed by atoms with van der Waals surface area (Å²) in [6, 6.07) is 8.53. The second-order valence-corrected chi connectivity index (χ2v) is 6.33. The van der Waals surface area contributed by atoms with Gasteiger partial charge in [0.2, 0.25) is 0 Å². The molecule has 2 nitrogen and oxygen atoms in total. The quantitative estimate of drug-likeness (QED) is 0.614. The summed E-state index contributed by atoms with van der Waals surface area (Å²) >= 11 is 0. The van der Waals surface area contributed by atoms with Gasteiger partial charge in [-0.3, -0.25) is 0 Å². The summed E-state index contributed by atoms with van der Waals surface area (Å²) < 4.78 is 0. The van der Waals surface area contributed by atoms with Crippen LogP contribution in [0.4, 0.5) is 0 Å². The molecule has 90 valence electrons. The molecule has 1 heterocycles. The molecule has 0 radical (unpaired) electrons. The zero-order chi connectivity index (χ0) is 13.6. The summed E-state index contributed by atoms with van der Waals surface area (Å²) in [6.07, 6.45) is 2.16. The zero-order valence-electron chi connectivity index (χ0n) is 12.3. The Hall–Kier alpha value is -1.02. The predicted molar refractivity (Wildman–Crippen MR) is 90.6 cm³/mol. The van der Waals surface area contributed by atoms with Gasteiger partial charge in [-0.1, -0.05) is 23.4 Å². The van der Waals surface area contributed by atoms with E-state index in [-0.39, 0.29) is 10.6 Å². The summed E-state index contributed by atoms with van der Waals surface area (Å²) in [7, 11) is 13.5. The van der Waals surface area contributed by atoms with Crippen LogP contribution in [-0.4, -0.2) is 60.7 Å². The molecule has 0 fully saturated rings. The standard InChI is InChI=1S/C12H20B4N2/c1-18(2)12(15,16)11(13,14)9-7-17-10-6-4-3-5-8(9)10/h3-7,17H,13-16H2,1-2H3. The van der Waals surface area contributed by atoms with E-state index < -0.39 is 0 Å². The molecule has 0 amide bonds. The van der Waals surface area contributed by atoms with Gasteiger partial charge in [0.25, 0.3) is 0 Å². The summed E-state index contributed by atoms with van der Waals surface area (Å²) in [5.74, 6) is 0. The Morgan fingerprint density at radius 1 is 1.06 bits per heavy atom. The fourth-order valence-corrected chi connectivity index (χ4v) is 2.48. The monoisotopic (exact) mass is 236 g/mol. The van der Waals surface area contributed by atoms with Crippen LogP contribution in [0.2, 0.25) is 0 Å². The summed E-state index contributed by atoms with van der Waals surface area (Å²) in [5.41, 5.74) is 2.60. The number of aromatic nitrogens is 1. The number of aromatic amines is 1. The lowest BCUT2D eigenvalue weighted by atomic mass is 9.31. The zero-order valence-corrected chi connectivity index (χ0v) is 12.3. The molecule has 0 saturated heterocycles. The number of fused-ring (bicyclic) bond motifs is 1. The van der Waals surface area contributed by atoms with E-state index in [1.54, 1.807) is 0 Å². The minimum Gasteiger partial charge on any atom is -0.361 e. The molecule has 1 N–H and O–H groups in total. The minimum absolute atomic E-state index is 0.0656. The summed E-state index contributed by atoms with van der Waals surface area (Å²) in [4.78, 5) is 5.69. The predicted octanol–water partition coefficient (Wildman–Crippen LogP) is -1.93. The third-order valence-electron chi connectivity index (χ3n) is 4.91. The third kappa shape index (κ3) is 1.83. The minimum atomic E-state index is 0.0656. The molecule has 0 aliphatic heterocycles. The van der Waals surface area contributed by atoms with E-state index in [1.165, 1.54) is 16.5 Å². The Balaban J connectivity index is 2.60. The number of para-hydroxylation sites is 1. The van der Waals surface area contributed by atoms with Crippen LogP contribution in [0.5, 0.6) is 0 Å². The first-order valence-corrected chi connectivity index (χ1v) is 6.52. The van der Waals surface area contributed by atoms with Gasteiger partial charge in [0.05, 0.1) is 0 Å². The number of rotatable bonds is 3. The van der Waals surface area contributed by atoms with Crippen molar-refractivity contribution < 1.29 is 0 Å². The molecule has 0 aliphatic carbocycles. The van der Waals surface area contributed by atoms with Crippen molar-refractivity contribution in [1.29, 1.82) is 0 Å². The van der Waals surface area contributed by atoms with Gasteiger partial charge in [-0.25, -0.2) is 0 Å². The van der Waals surface area contributed by atoms with E-state index in [0.29, 0.717) is 0 Å². The molecule has 2 aromatic rings. The molecular weight excluding hydrogens is 215 g/mol. The van der Waals surface area contributed by atoms with E-state index in [4.69, 9.17) is 0 Å². The van der Waals surface area contributed by atoms with Crippen molar-refractivity contribution >= 4 is 42.3 Å². The van der Waals surface area contributed by atoms with Crippen LogP contribution in [-0.2, 0) is 5.21 Å². The van der Waals surface area contributed by atoms with Gasteiger partial charge in [0.15, 0.2) is 0 Å². The Morgan fingerprint density at radius 3 is 2.28 bits per heavy atom. The van der Waals surface area contributed by atoms with Crippen molar-refractivity contribution in [1.82, 2.24) is 9.88 Å². The molecule has 1 aromatic heterocycles.